The molecule has 1 N–H and O–H groups in total. The summed E-state index contributed by atoms with van der Waals surface area (Å²) in [5.74, 6) is 0.143. The molecule has 1 atom stereocenters. The van der Waals surface area contributed by atoms with Gasteiger partial charge in [0.25, 0.3) is 5.91 Å². The highest BCUT2D eigenvalue weighted by molar-refractivity contribution is 6.11. The van der Waals surface area contributed by atoms with Gasteiger partial charge in [-0.15, -0.1) is 0 Å². The quantitative estimate of drug-likeness (QED) is 0.776. The SMILES string of the molecule is COc1ccc2c(c1)CCC[C@]21NC(=O)N(CC(=O)N2CCCc3ccccc32)C1=O. The third-order valence-corrected chi connectivity index (χ3v) is 6.65. The number of nitrogens with zero attached hydrogens (tertiary/aromatic N) is 2. The molecule has 4 amide bonds. The lowest BCUT2D eigenvalue weighted by molar-refractivity contribution is -0.135. The van der Waals surface area contributed by atoms with Gasteiger partial charge in [0, 0.05) is 12.2 Å². The lowest BCUT2D eigenvalue weighted by atomic mass is 9.76. The number of para-hydroxylation sites is 1. The summed E-state index contributed by atoms with van der Waals surface area (Å²) in [7, 11) is 1.61. The average molecular weight is 419 g/mol. The number of rotatable bonds is 3. The van der Waals surface area contributed by atoms with Crippen molar-refractivity contribution in [2.24, 2.45) is 0 Å². The maximum Gasteiger partial charge on any atom is 0.325 e. The van der Waals surface area contributed by atoms with Crippen LogP contribution in [0.15, 0.2) is 42.5 Å². The number of carbonyl (C=O) groups excluding carboxylic acids is 3. The van der Waals surface area contributed by atoms with Gasteiger partial charge >= 0.3 is 6.03 Å². The number of amides is 4. The van der Waals surface area contributed by atoms with E-state index in [1.807, 2.05) is 42.5 Å². The van der Waals surface area contributed by atoms with E-state index in [2.05, 4.69) is 5.32 Å². The lowest BCUT2D eigenvalue weighted by Crippen LogP contribution is -2.48. The molecule has 0 aromatic heterocycles. The summed E-state index contributed by atoms with van der Waals surface area (Å²) in [6.45, 7) is 0.333. The Morgan fingerprint density at radius 2 is 1.90 bits per heavy atom. The van der Waals surface area contributed by atoms with Crippen molar-refractivity contribution in [2.75, 3.05) is 25.1 Å². The molecule has 2 heterocycles. The molecule has 1 saturated heterocycles. The molecule has 0 radical (unpaired) electrons. The summed E-state index contributed by atoms with van der Waals surface area (Å²) in [6, 6.07) is 12.9. The van der Waals surface area contributed by atoms with Crippen molar-refractivity contribution in [1.82, 2.24) is 10.2 Å². The fourth-order valence-electron chi connectivity index (χ4n) is 5.13. The fourth-order valence-corrected chi connectivity index (χ4v) is 5.13. The zero-order valence-electron chi connectivity index (χ0n) is 17.5. The van der Waals surface area contributed by atoms with Gasteiger partial charge in [0.2, 0.25) is 5.91 Å². The maximum atomic E-state index is 13.5. The zero-order valence-corrected chi connectivity index (χ0v) is 17.5. The van der Waals surface area contributed by atoms with Gasteiger partial charge in [-0.05, 0) is 67.0 Å². The maximum absolute atomic E-state index is 13.5. The number of carbonyl (C=O) groups is 3. The first kappa shape index (κ1) is 19.6. The van der Waals surface area contributed by atoms with Crippen LogP contribution in [0.5, 0.6) is 5.75 Å². The largest absolute Gasteiger partial charge is 0.497 e. The summed E-state index contributed by atoms with van der Waals surface area (Å²) in [5.41, 5.74) is 2.69. The number of hydrogen-bond acceptors (Lipinski definition) is 4. The molecular formula is C24H25N3O4. The number of fused-ring (bicyclic) bond motifs is 3. The molecule has 31 heavy (non-hydrogen) atoms. The minimum absolute atomic E-state index is 0.238. The molecule has 0 unspecified atom stereocenters. The molecule has 3 aliphatic rings. The van der Waals surface area contributed by atoms with Crippen LogP contribution in [-0.4, -0.2) is 42.9 Å². The number of ether oxygens (including phenoxy) is 1. The number of imide groups is 1. The second-order valence-corrected chi connectivity index (χ2v) is 8.38. The van der Waals surface area contributed by atoms with Crippen molar-refractivity contribution in [3.05, 3.63) is 59.2 Å². The molecule has 1 spiro atoms. The van der Waals surface area contributed by atoms with Crippen LogP contribution in [0.3, 0.4) is 0 Å². The summed E-state index contributed by atoms with van der Waals surface area (Å²) in [6.07, 6.45) is 3.90. The van der Waals surface area contributed by atoms with Crippen molar-refractivity contribution in [2.45, 2.75) is 37.6 Å². The Morgan fingerprint density at radius 1 is 1.10 bits per heavy atom. The number of anilines is 1. The molecule has 160 valence electrons. The molecule has 0 saturated carbocycles. The Balaban J connectivity index is 1.42. The van der Waals surface area contributed by atoms with Crippen molar-refractivity contribution in [1.29, 1.82) is 0 Å². The normalized spacial score (nSPS) is 22.2. The number of urea groups is 1. The third-order valence-electron chi connectivity index (χ3n) is 6.65. The molecule has 1 aliphatic carbocycles. The predicted octanol–water partition coefficient (Wildman–Crippen LogP) is 2.76. The van der Waals surface area contributed by atoms with Gasteiger partial charge in [-0.2, -0.15) is 0 Å². The Morgan fingerprint density at radius 3 is 2.74 bits per heavy atom. The number of hydrogen-bond donors (Lipinski definition) is 1. The summed E-state index contributed by atoms with van der Waals surface area (Å²) in [4.78, 5) is 42.3. The first-order chi connectivity index (χ1) is 15.0. The van der Waals surface area contributed by atoms with Crippen molar-refractivity contribution < 1.29 is 19.1 Å². The van der Waals surface area contributed by atoms with Gasteiger partial charge in [0.1, 0.15) is 17.8 Å². The second-order valence-electron chi connectivity index (χ2n) is 8.38. The van der Waals surface area contributed by atoms with Crippen molar-refractivity contribution in [3.8, 4) is 5.75 Å². The van der Waals surface area contributed by atoms with Crippen molar-refractivity contribution >= 4 is 23.5 Å². The van der Waals surface area contributed by atoms with Gasteiger partial charge in [0.05, 0.1) is 7.11 Å². The average Bonchev–Trinajstić information content (AvgIpc) is 3.03. The molecule has 5 rings (SSSR count). The van der Waals surface area contributed by atoms with Gasteiger partial charge in [-0.25, -0.2) is 4.79 Å². The van der Waals surface area contributed by atoms with Crippen LogP contribution < -0.4 is 15.0 Å². The predicted molar refractivity (Wildman–Crippen MR) is 115 cm³/mol. The highest BCUT2D eigenvalue weighted by atomic mass is 16.5. The van der Waals surface area contributed by atoms with Gasteiger partial charge < -0.3 is 15.0 Å². The first-order valence-electron chi connectivity index (χ1n) is 10.7. The topological polar surface area (TPSA) is 79.0 Å². The third kappa shape index (κ3) is 3.07. The molecule has 0 bridgehead atoms. The van der Waals surface area contributed by atoms with Crippen LogP contribution in [0, 0.1) is 0 Å². The number of aryl methyl sites for hydroxylation is 2. The summed E-state index contributed by atoms with van der Waals surface area (Å²) >= 11 is 0. The number of methoxy groups -OCH3 is 1. The first-order valence-corrected chi connectivity index (χ1v) is 10.7. The van der Waals surface area contributed by atoms with Crippen LogP contribution in [0.2, 0.25) is 0 Å². The second kappa shape index (κ2) is 7.41. The zero-order chi connectivity index (χ0) is 21.6. The Labute approximate surface area is 181 Å². The molecule has 2 aromatic carbocycles. The molecule has 7 heteroatoms. The molecule has 2 aliphatic heterocycles. The Bertz CT molecular complexity index is 1080. The smallest absolute Gasteiger partial charge is 0.325 e. The number of nitrogens with one attached hydrogen (secondary N) is 1. The Hall–Kier alpha value is -3.35. The van der Waals surface area contributed by atoms with Gasteiger partial charge in [0.15, 0.2) is 0 Å². The monoisotopic (exact) mass is 419 g/mol. The minimum atomic E-state index is -1.10. The van der Waals surface area contributed by atoms with Crippen LogP contribution in [0.1, 0.15) is 36.0 Å². The summed E-state index contributed by atoms with van der Waals surface area (Å²) in [5, 5.41) is 2.92. The van der Waals surface area contributed by atoms with E-state index in [9.17, 15) is 14.4 Å². The number of benzene rings is 2. The van der Waals surface area contributed by atoms with Crippen LogP contribution in [0.25, 0.3) is 0 Å². The molecule has 2 aromatic rings. The van der Waals surface area contributed by atoms with E-state index in [0.29, 0.717) is 13.0 Å². The fraction of sp³-hybridized carbons (Fsp3) is 0.375. The van der Waals surface area contributed by atoms with Crippen LogP contribution in [-0.2, 0) is 28.0 Å². The van der Waals surface area contributed by atoms with E-state index >= 15 is 0 Å². The Kier molecular flexibility index (Phi) is 4.68. The van der Waals surface area contributed by atoms with Gasteiger partial charge in [-0.1, -0.05) is 24.3 Å². The van der Waals surface area contributed by atoms with Gasteiger partial charge in [-0.3, -0.25) is 14.5 Å². The van der Waals surface area contributed by atoms with Crippen LogP contribution >= 0.6 is 0 Å². The minimum Gasteiger partial charge on any atom is -0.497 e. The molecular weight excluding hydrogens is 394 g/mol. The standard InChI is InChI=1S/C24H25N3O4/c1-31-18-10-11-19-17(14-18)7-4-12-24(19)22(29)27(23(30)25-24)15-21(28)26-13-5-8-16-6-2-3-9-20(16)26/h2-3,6,9-11,14H,4-5,7-8,12-13,15H2,1H3,(H,25,30)/t24-/m0/s1. The highest BCUT2D eigenvalue weighted by Crippen LogP contribution is 2.41. The van der Waals surface area contributed by atoms with E-state index in [1.165, 1.54) is 0 Å². The van der Waals surface area contributed by atoms with E-state index in [1.54, 1.807) is 12.0 Å². The lowest BCUT2D eigenvalue weighted by Gasteiger charge is -2.34. The summed E-state index contributed by atoms with van der Waals surface area (Å²) < 4.78 is 5.32. The highest BCUT2D eigenvalue weighted by Gasteiger charge is 2.54. The van der Waals surface area contributed by atoms with Crippen LogP contribution in [0.4, 0.5) is 10.5 Å². The van der Waals surface area contributed by atoms with E-state index in [-0.39, 0.29) is 18.4 Å². The molecule has 7 nitrogen and oxygen atoms in total. The molecule has 1 fully saturated rings. The van der Waals surface area contributed by atoms with E-state index in [0.717, 1.165) is 58.7 Å². The van der Waals surface area contributed by atoms with Crippen molar-refractivity contribution in [3.63, 3.8) is 0 Å². The van der Waals surface area contributed by atoms with E-state index in [4.69, 9.17) is 4.74 Å². The van der Waals surface area contributed by atoms with E-state index < -0.39 is 11.6 Å².